The zero-order valence-electron chi connectivity index (χ0n) is 10.3. The highest BCUT2D eigenvalue weighted by Crippen LogP contribution is 2.40. The van der Waals surface area contributed by atoms with Crippen LogP contribution in [0.25, 0.3) is 0 Å². The molecule has 1 aromatic carbocycles. The Bertz CT molecular complexity index is 454. The second kappa shape index (κ2) is 3.95. The largest absolute Gasteiger partial charge is 0.508 e. The number of ether oxygens (including phenoxy) is 1. The number of aryl methyl sites for hydroxylation is 1. The molecule has 4 heteroatoms. The number of aromatic hydroxyl groups is 1. The molecular formula is C13H17NO3. The van der Waals surface area contributed by atoms with Gasteiger partial charge >= 0.3 is 6.09 Å². The summed E-state index contributed by atoms with van der Waals surface area (Å²) in [6.07, 6.45) is -0.435. The molecule has 0 saturated carbocycles. The highest BCUT2D eigenvalue weighted by atomic mass is 16.6. The van der Waals surface area contributed by atoms with Crippen LogP contribution in [0.4, 0.5) is 4.79 Å². The maximum Gasteiger partial charge on any atom is 0.407 e. The number of carbonyl (C=O) groups excluding carboxylic acids is 1. The molecule has 1 atom stereocenters. The topological polar surface area (TPSA) is 58.6 Å². The molecule has 0 radical (unpaired) electrons. The maximum atomic E-state index is 11.3. The lowest BCUT2D eigenvalue weighted by atomic mass is 9.80. The number of carbonyl (C=O) groups is 1. The number of rotatable bonds is 1. The Hall–Kier alpha value is -1.71. The van der Waals surface area contributed by atoms with E-state index in [-0.39, 0.29) is 17.2 Å². The summed E-state index contributed by atoms with van der Waals surface area (Å²) in [5, 5.41) is 12.7. The van der Waals surface area contributed by atoms with Crippen molar-refractivity contribution < 1.29 is 14.6 Å². The Balaban J connectivity index is 2.42. The van der Waals surface area contributed by atoms with Crippen molar-refractivity contribution in [3.05, 3.63) is 29.3 Å². The van der Waals surface area contributed by atoms with Gasteiger partial charge in [-0.15, -0.1) is 0 Å². The minimum Gasteiger partial charge on any atom is -0.508 e. The molecule has 1 aliphatic rings. The van der Waals surface area contributed by atoms with Crippen LogP contribution < -0.4 is 5.32 Å². The summed E-state index contributed by atoms with van der Waals surface area (Å²) < 4.78 is 4.98. The minimum absolute atomic E-state index is 0.205. The predicted octanol–water partition coefficient (Wildman–Crippen LogP) is 2.51. The summed E-state index contributed by atoms with van der Waals surface area (Å²) in [6, 6.07) is 5.16. The fourth-order valence-corrected chi connectivity index (χ4v) is 2.09. The van der Waals surface area contributed by atoms with Crippen molar-refractivity contribution in [2.75, 3.05) is 6.61 Å². The lowest BCUT2D eigenvalue weighted by Crippen LogP contribution is -2.46. The van der Waals surface area contributed by atoms with Crippen LogP contribution in [0.2, 0.25) is 0 Å². The van der Waals surface area contributed by atoms with E-state index in [0.717, 1.165) is 11.1 Å². The Morgan fingerprint density at radius 3 is 2.88 bits per heavy atom. The number of benzene rings is 1. The molecule has 17 heavy (non-hydrogen) atoms. The zero-order valence-corrected chi connectivity index (χ0v) is 10.3. The Kier molecular flexibility index (Phi) is 2.73. The number of cyclic esters (lactones) is 1. The molecule has 1 aliphatic heterocycles. The van der Waals surface area contributed by atoms with Gasteiger partial charge in [0, 0.05) is 11.0 Å². The molecule has 2 rings (SSSR count). The maximum absolute atomic E-state index is 11.3. The summed E-state index contributed by atoms with van der Waals surface area (Å²) >= 11 is 0. The molecule has 0 unspecified atom stereocenters. The number of alkyl carbamates (subject to hydrolysis) is 1. The molecule has 1 aromatic rings. The van der Waals surface area contributed by atoms with Gasteiger partial charge in [-0.1, -0.05) is 31.5 Å². The lowest BCUT2D eigenvalue weighted by Gasteiger charge is -2.38. The summed E-state index contributed by atoms with van der Waals surface area (Å²) in [4.78, 5) is 11.3. The van der Waals surface area contributed by atoms with Crippen LogP contribution in [-0.4, -0.2) is 17.8 Å². The third-order valence-electron chi connectivity index (χ3n) is 3.11. The van der Waals surface area contributed by atoms with Crippen LogP contribution >= 0.6 is 0 Å². The molecule has 1 heterocycles. The van der Waals surface area contributed by atoms with Crippen LogP contribution in [0.3, 0.4) is 0 Å². The Morgan fingerprint density at radius 2 is 2.18 bits per heavy atom. The summed E-state index contributed by atoms with van der Waals surface area (Å²) in [5.74, 6) is 0.205. The quantitative estimate of drug-likeness (QED) is 0.786. The number of nitrogens with one attached hydrogen (secondary N) is 1. The fourth-order valence-electron chi connectivity index (χ4n) is 2.09. The van der Waals surface area contributed by atoms with E-state index in [0.29, 0.717) is 6.61 Å². The fraction of sp³-hybridized carbons (Fsp3) is 0.462. The van der Waals surface area contributed by atoms with Gasteiger partial charge in [0.1, 0.15) is 12.4 Å². The number of phenolic OH excluding ortho intramolecular Hbond substituents is 1. The van der Waals surface area contributed by atoms with Crippen molar-refractivity contribution in [3.63, 3.8) is 0 Å². The second-order valence-electron chi connectivity index (χ2n) is 5.20. The first-order valence-electron chi connectivity index (χ1n) is 5.63. The molecular weight excluding hydrogens is 218 g/mol. The highest BCUT2D eigenvalue weighted by molar-refractivity contribution is 5.69. The molecule has 0 bridgehead atoms. The van der Waals surface area contributed by atoms with E-state index in [1.165, 1.54) is 0 Å². The van der Waals surface area contributed by atoms with Crippen molar-refractivity contribution in [1.29, 1.82) is 0 Å². The first kappa shape index (κ1) is 11.8. The molecule has 0 spiro atoms. The minimum atomic E-state index is -0.435. The summed E-state index contributed by atoms with van der Waals surface area (Å²) in [5.41, 5.74) is 1.54. The third kappa shape index (κ3) is 2.20. The molecule has 1 fully saturated rings. The lowest BCUT2D eigenvalue weighted by molar-refractivity contribution is 0.0381. The Labute approximate surface area is 101 Å². The smallest absolute Gasteiger partial charge is 0.407 e. The molecule has 1 amide bonds. The van der Waals surface area contributed by atoms with Gasteiger partial charge < -0.3 is 15.2 Å². The zero-order chi connectivity index (χ0) is 12.6. The first-order valence-corrected chi connectivity index (χ1v) is 5.63. The average molecular weight is 235 g/mol. The van der Waals surface area contributed by atoms with E-state index in [2.05, 4.69) is 5.32 Å². The highest BCUT2D eigenvalue weighted by Gasteiger charge is 2.39. The van der Waals surface area contributed by atoms with Crippen molar-refractivity contribution in [2.24, 2.45) is 5.41 Å². The standard InChI is InChI=1S/C13H17NO3/c1-8-4-5-10(15)9(6-8)11-13(2,3)7-17-12(16)14-11/h4-6,11,15H,7H2,1-3H3,(H,14,16)/t11-/m1/s1. The van der Waals surface area contributed by atoms with Gasteiger partial charge in [-0.3, -0.25) is 0 Å². The van der Waals surface area contributed by atoms with Gasteiger partial charge in [0.05, 0.1) is 6.04 Å². The van der Waals surface area contributed by atoms with Gasteiger partial charge in [-0.2, -0.15) is 0 Å². The molecule has 0 aromatic heterocycles. The van der Waals surface area contributed by atoms with E-state index < -0.39 is 6.09 Å². The van der Waals surface area contributed by atoms with E-state index in [1.807, 2.05) is 32.9 Å². The van der Waals surface area contributed by atoms with Gasteiger partial charge in [-0.05, 0) is 13.0 Å². The predicted molar refractivity (Wildman–Crippen MR) is 63.8 cm³/mol. The van der Waals surface area contributed by atoms with Gasteiger partial charge in [-0.25, -0.2) is 4.79 Å². The second-order valence-corrected chi connectivity index (χ2v) is 5.20. The average Bonchev–Trinajstić information content (AvgIpc) is 2.26. The number of phenols is 1. The molecule has 2 N–H and O–H groups in total. The molecule has 92 valence electrons. The van der Waals surface area contributed by atoms with Crippen LogP contribution in [0.5, 0.6) is 5.75 Å². The van der Waals surface area contributed by atoms with Crippen molar-refractivity contribution >= 4 is 6.09 Å². The summed E-state index contributed by atoms with van der Waals surface area (Å²) in [6.45, 7) is 6.30. The van der Waals surface area contributed by atoms with E-state index in [4.69, 9.17) is 4.74 Å². The number of amides is 1. The molecule has 4 nitrogen and oxygen atoms in total. The van der Waals surface area contributed by atoms with Gasteiger partial charge in [0.2, 0.25) is 0 Å². The van der Waals surface area contributed by atoms with Gasteiger partial charge in [0.25, 0.3) is 0 Å². The van der Waals surface area contributed by atoms with E-state index >= 15 is 0 Å². The van der Waals surface area contributed by atoms with E-state index in [9.17, 15) is 9.90 Å². The third-order valence-corrected chi connectivity index (χ3v) is 3.11. The molecule has 1 saturated heterocycles. The normalized spacial score (nSPS) is 22.8. The van der Waals surface area contributed by atoms with Gasteiger partial charge in [0.15, 0.2) is 0 Å². The molecule has 0 aliphatic carbocycles. The summed E-state index contributed by atoms with van der Waals surface area (Å²) in [7, 11) is 0. The van der Waals surface area contributed by atoms with Crippen LogP contribution in [0.15, 0.2) is 18.2 Å². The van der Waals surface area contributed by atoms with Crippen LogP contribution in [0, 0.1) is 12.3 Å². The SMILES string of the molecule is Cc1ccc(O)c([C@H]2NC(=O)OCC2(C)C)c1. The number of hydrogen-bond acceptors (Lipinski definition) is 3. The first-order chi connectivity index (χ1) is 7.90. The van der Waals surface area contributed by atoms with Crippen molar-refractivity contribution in [2.45, 2.75) is 26.8 Å². The number of hydrogen-bond donors (Lipinski definition) is 2. The Morgan fingerprint density at radius 1 is 1.47 bits per heavy atom. The van der Waals surface area contributed by atoms with Crippen LogP contribution in [-0.2, 0) is 4.74 Å². The monoisotopic (exact) mass is 235 g/mol. The van der Waals surface area contributed by atoms with Crippen molar-refractivity contribution in [1.82, 2.24) is 5.32 Å². The van der Waals surface area contributed by atoms with Crippen LogP contribution in [0.1, 0.15) is 31.0 Å². The van der Waals surface area contributed by atoms with E-state index in [1.54, 1.807) is 6.07 Å². The van der Waals surface area contributed by atoms with Crippen molar-refractivity contribution in [3.8, 4) is 5.75 Å².